The summed E-state index contributed by atoms with van der Waals surface area (Å²) in [5.41, 5.74) is 6.53. The largest absolute Gasteiger partial charge is 0.497 e. The first-order valence-electron chi connectivity index (χ1n) is 9.84. The summed E-state index contributed by atoms with van der Waals surface area (Å²) in [5.74, 6) is 0.470. The average Bonchev–Trinajstić information content (AvgIpc) is 2.83. The number of fused-ring (bicyclic) bond motifs is 1. The fourth-order valence-corrected chi connectivity index (χ4v) is 3.19. The minimum Gasteiger partial charge on any atom is -0.497 e. The van der Waals surface area contributed by atoms with Gasteiger partial charge in [-0.3, -0.25) is 4.79 Å². The lowest BCUT2D eigenvalue weighted by Gasteiger charge is -2.09. The fraction of sp³-hybridized carbons (Fsp3) is 0.0385. The first-order chi connectivity index (χ1) is 15.2. The van der Waals surface area contributed by atoms with Gasteiger partial charge in [-0.25, -0.2) is 10.4 Å². The molecule has 5 nitrogen and oxygen atoms in total. The zero-order valence-corrected chi connectivity index (χ0v) is 17.0. The molecule has 0 spiro atoms. The van der Waals surface area contributed by atoms with Crippen molar-refractivity contribution in [2.24, 2.45) is 5.10 Å². The van der Waals surface area contributed by atoms with Crippen molar-refractivity contribution < 1.29 is 9.53 Å². The summed E-state index contributed by atoms with van der Waals surface area (Å²) in [5, 5.41) is 4.82. The van der Waals surface area contributed by atoms with Crippen molar-refractivity contribution in [3.8, 4) is 17.0 Å². The van der Waals surface area contributed by atoms with Gasteiger partial charge in [0, 0.05) is 17.2 Å². The summed E-state index contributed by atoms with van der Waals surface area (Å²) < 4.78 is 5.22. The molecule has 1 aromatic heterocycles. The van der Waals surface area contributed by atoms with Gasteiger partial charge in [0.1, 0.15) is 5.75 Å². The van der Waals surface area contributed by atoms with Crippen LogP contribution in [0.25, 0.3) is 28.2 Å². The molecule has 0 bridgehead atoms. The summed E-state index contributed by atoms with van der Waals surface area (Å²) in [7, 11) is 1.63. The fourth-order valence-electron chi connectivity index (χ4n) is 3.19. The molecule has 0 aliphatic carbocycles. The minimum absolute atomic E-state index is 0.294. The molecule has 4 aromatic rings. The van der Waals surface area contributed by atoms with Crippen molar-refractivity contribution >= 4 is 29.1 Å². The van der Waals surface area contributed by atoms with Crippen LogP contribution >= 0.6 is 0 Å². The Bertz CT molecular complexity index is 1250. The van der Waals surface area contributed by atoms with Gasteiger partial charge < -0.3 is 4.74 Å². The van der Waals surface area contributed by atoms with Crippen molar-refractivity contribution in [3.05, 3.63) is 102 Å². The molecule has 3 aromatic carbocycles. The van der Waals surface area contributed by atoms with Crippen LogP contribution in [0.15, 0.2) is 96.1 Å². The molecule has 1 N–H and O–H groups in total. The highest BCUT2D eigenvalue weighted by molar-refractivity contribution is 6.07. The Morgan fingerprint density at radius 1 is 0.968 bits per heavy atom. The maximum atomic E-state index is 12.9. The van der Waals surface area contributed by atoms with Crippen LogP contribution < -0.4 is 10.2 Å². The first-order valence-corrected chi connectivity index (χ1v) is 9.84. The van der Waals surface area contributed by atoms with E-state index >= 15 is 0 Å². The number of ether oxygens (including phenoxy) is 1. The molecule has 0 aliphatic rings. The summed E-state index contributed by atoms with van der Waals surface area (Å²) in [6.45, 7) is 0. The van der Waals surface area contributed by atoms with E-state index in [1.54, 1.807) is 25.5 Å². The maximum absolute atomic E-state index is 12.9. The van der Waals surface area contributed by atoms with Gasteiger partial charge in [-0.15, -0.1) is 0 Å². The number of rotatable bonds is 6. The third-order valence-corrected chi connectivity index (χ3v) is 4.76. The number of amides is 1. The molecule has 0 saturated carbocycles. The molecule has 1 heterocycles. The number of benzene rings is 3. The molecule has 0 aliphatic heterocycles. The molecule has 0 unspecified atom stereocenters. The van der Waals surface area contributed by atoms with Gasteiger partial charge in [-0.05, 0) is 48.0 Å². The third-order valence-electron chi connectivity index (χ3n) is 4.76. The van der Waals surface area contributed by atoms with Crippen molar-refractivity contribution in [1.29, 1.82) is 0 Å². The van der Waals surface area contributed by atoms with Crippen LogP contribution in [0, 0.1) is 0 Å². The highest BCUT2D eigenvalue weighted by Gasteiger charge is 2.13. The lowest BCUT2D eigenvalue weighted by atomic mass is 10.0. The number of carbonyl (C=O) groups is 1. The average molecular weight is 407 g/mol. The van der Waals surface area contributed by atoms with Crippen LogP contribution in [0.2, 0.25) is 0 Å². The molecule has 5 heteroatoms. The summed E-state index contributed by atoms with van der Waals surface area (Å²) in [4.78, 5) is 17.6. The normalized spacial score (nSPS) is 11.3. The number of pyridine rings is 1. The van der Waals surface area contributed by atoms with Crippen LogP contribution in [0.4, 0.5) is 0 Å². The number of carbonyl (C=O) groups excluding carboxylic acids is 1. The Kier molecular flexibility index (Phi) is 6.14. The van der Waals surface area contributed by atoms with Crippen LogP contribution in [0.5, 0.6) is 5.75 Å². The number of aromatic nitrogens is 1. The van der Waals surface area contributed by atoms with Gasteiger partial charge in [0.25, 0.3) is 5.91 Å². The number of para-hydroxylation sites is 1. The molecular weight excluding hydrogens is 386 g/mol. The van der Waals surface area contributed by atoms with Crippen molar-refractivity contribution in [2.45, 2.75) is 0 Å². The second-order valence-corrected chi connectivity index (χ2v) is 6.79. The molecule has 4 rings (SSSR count). The molecule has 0 fully saturated rings. The topological polar surface area (TPSA) is 63.6 Å². The standard InChI is InChI=1S/C26H21N3O2/c1-31-21-15-13-20(14-16-21)25-18-23(22-11-5-6-12-24(22)28-25)26(30)29-27-17-7-10-19-8-3-2-4-9-19/h2-18H,1H3,(H,29,30)/b10-7+,27-17+. The molecule has 1 amide bonds. The zero-order chi connectivity index (χ0) is 21.5. The predicted molar refractivity (Wildman–Crippen MR) is 125 cm³/mol. The second kappa shape index (κ2) is 9.50. The van der Waals surface area contributed by atoms with E-state index in [1.165, 1.54) is 0 Å². The van der Waals surface area contributed by atoms with Crippen LogP contribution in [-0.2, 0) is 0 Å². The number of nitrogens with one attached hydrogen (secondary N) is 1. The van der Waals surface area contributed by atoms with Crippen LogP contribution in [-0.4, -0.2) is 24.2 Å². The molecule has 31 heavy (non-hydrogen) atoms. The monoisotopic (exact) mass is 407 g/mol. The number of allylic oxidation sites excluding steroid dienone is 1. The Balaban J connectivity index is 1.58. The van der Waals surface area contributed by atoms with Gasteiger partial charge >= 0.3 is 0 Å². The van der Waals surface area contributed by atoms with E-state index in [1.807, 2.05) is 84.9 Å². The smallest absolute Gasteiger partial charge is 0.272 e. The van der Waals surface area contributed by atoms with Crippen LogP contribution in [0.1, 0.15) is 15.9 Å². The van der Waals surface area contributed by atoms with E-state index < -0.39 is 0 Å². The number of hydrazone groups is 1. The third kappa shape index (κ3) is 4.85. The van der Waals surface area contributed by atoms with Gasteiger partial charge in [0.05, 0.1) is 23.9 Å². The van der Waals surface area contributed by atoms with E-state index in [9.17, 15) is 4.79 Å². The minimum atomic E-state index is -0.294. The van der Waals surface area contributed by atoms with Crippen molar-refractivity contribution in [2.75, 3.05) is 7.11 Å². The predicted octanol–water partition coefficient (Wildman–Crippen LogP) is 5.34. The highest BCUT2D eigenvalue weighted by Crippen LogP contribution is 2.26. The van der Waals surface area contributed by atoms with Gasteiger partial charge in [0.15, 0.2) is 0 Å². The summed E-state index contributed by atoms with van der Waals surface area (Å²) in [6, 6.07) is 26.8. The van der Waals surface area contributed by atoms with E-state index in [-0.39, 0.29) is 5.91 Å². The number of nitrogens with zero attached hydrogens (tertiary/aromatic N) is 2. The number of methoxy groups -OCH3 is 1. The lowest BCUT2D eigenvalue weighted by Crippen LogP contribution is -2.18. The van der Waals surface area contributed by atoms with Crippen molar-refractivity contribution in [1.82, 2.24) is 10.4 Å². The highest BCUT2D eigenvalue weighted by atomic mass is 16.5. The quantitative estimate of drug-likeness (QED) is 0.347. The van der Waals surface area contributed by atoms with Gasteiger partial charge in [0.2, 0.25) is 0 Å². The SMILES string of the molecule is COc1ccc(-c2cc(C(=O)N/N=C/C=C/c3ccccc3)c3ccccc3n2)cc1. The molecule has 152 valence electrons. The maximum Gasteiger partial charge on any atom is 0.272 e. The summed E-state index contributed by atoms with van der Waals surface area (Å²) >= 11 is 0. The Morgan fingerprint density at radius 3 is 2.48 bits per heavy atom. The summed E-state index contributed by atoms with van der Waals surface area (Å²) in [6.07, 6.45) is 5.25. The number of hydrogen-bond donors (Lipinski definition) is 1. The van der Waals surface area contributed by atoms with E-state index in [0.717, 1.165) is 27.8 Å². The lowest BCUT2D eigenvalue weighted by molar-refractivity contribution is 0.0957. The first kappa shape index (κ1) is 20.0. The molecule has 0 atom stereocenters. The molecule has 0 saturated heterocycles. The van der Waals surface area contributed by atoms with Crippen LogP contribution in [0.3, 0.4) is 0 Å². The molecule has 0 radical (unpaired) electrons. The van der Waals surface area contributed by atoms with Crippen molar-refractivity contribution in [3.63, 3.8) is 0 Å². The molecular formula is C26H21N3O2. The van der Waals surface area contributed by atoms with E-state index in [4.69, 9.17) is 9.72 Å². The van der Waals surface area contributed by atoms with E-state index in [0.29, 0.717) is 11.3 Å². The zero-order valence-electron chi connectivity index (χ0n) is 17.0. The van der Waals surface area contributed by atoms with E-state index in [2.05, 4.69) is 10.5 Å². The Hall–Kier alpha value is -4.25. The van der Waals surface area contributed by atoms with Gasteiger partial charge in [-0.2, -0.15) is 5.10 Å². The number of hydrogen-bond acceptors (Lipinski definition) is 4. The Morgan fingerprint density at radius 2 is 1.71 bits per heavy atom. The van der Waals surface area contributed by atoms with Gasteiger partial charge in [-0.1, -0.05) is 54.6 Å². The Labute approximate surface area is 180 Å². The second-order valence-electron chi connectivity index (χ2n) is 6.79.